The van der Waals surface area contributed by atoms with Crippen molar-refractivity contribution >= 4 is 0 Å². The van der Waals surface area contributed by atoms with Crippen molar-refractivity contribution in [3.8, 4) is 11.4 Å². The second kappa shape index (κ2) is 4.60. The van der Waals surface area contributed by atoms with Crippen LogP contribution < -0.4 is 5.73 Å². The third-order valence-electron chi connectivity index (χ3n) is 2.30. The number of pyridine rings is 1. The van der Waals surface area contributed by atoms with Crippen LogP contribution in [-0.4, -0.2) is 26.8 Å². The monoisotopic (exact) mass is 234 g/mol. The van der Waals surface area contributed by atoms with Gasteiger partial charge in [-0.15, -0.1) is 0 Å². The minimum Gasteiger partial charge on any atom is -0.394 e. The highest BCUT2D eigenvalue weighted by atomic mass is 16.5. The quantitative estimate of drug-likeness (QED) is 0.812. The maximum Gasteiger partial charge on any atom is 0.246 e. The van der Waals surface area contributed by atoms with Crippen LogP contribution in [0.3, 0.4) is 0 Å². The van der Waals surface area contributed by atoms with E-state index in [9.17, 15) is 0 Å². The van der Waals surface area contributed by atoms with Gasteiger partial charge in [-0.05, 0) is 26.0 Å². The first-order valence-corrected chi connectivity index (χ1v) is 5.26. The molecule has 0 unspecified atom stereocenters. The van der Waals surface area contributed by atoms with Crippen LogP contribution in [0.5, 0.6) is 0 Å². The number of nitrogens with two attached hydrogens (primary N) is 1. The molecular formula is C11H14N4O2. The largest absolute Gasteiger partial charge is 0.394 e. The molecule has 6 heteroatoms. The van der Waals surface area contributed by atoms with Gasteiger partial charge in [0.1, 0.15) is 6.04 Å². The molecule has 0 aromatic carbocycles. The Morgan fingerprint density at radius 2 is 1.94 bits per heavy atom. The number of aromatic nitrogens is 3. The van der Waals surface area contributed by atoms with Crippen LogP contribution in [0.4, 0.5) is 0 Å². The molecule has 0 amide bonds. The summed E-state index contributed by atoms with van der Waals surface area (Å²) in [6, 6.07) is 3.10. The van der Waals surface area contributed by atoms with Gasteiger partial charge in [-0.1, -0.05) is 5.16 Å². The van der Waals surface area contributed by atoms with Crippen LogP contribution in [0.15, 0.2) is 16.7 Å². The van der Waals surface area contributed by atoms with Crippen molar-refractivity contribution in [2.75, 3.05) is 6.61 Å². The van der Waals surface area contributed by atoms with E-state index in [1.807, 2.05) is 26.0 Å². The third-order valence-corrected chi connectivity index (χ3v) is 2.30. The molecule has 0 saturated carbocycles. The van der Waals surface area contributed by atoms with Crippen LogP contribution in [0.25, 0.3) is 11.4 Å². The summed E-state index contributed by atoms with van der Waals surface area (Å²) in [7, 11) is 0. The normalized spacial score (nSPS) is 12.7. The molecule has 2 aromatic rings. The molecule has 2 aromatic heterocycles. The summed E-state index contributed by atoms with van der Waals surface area (Å²) in [5.74, 6) is 0.687. The van der Waals surface area contributed by atoms with E-state index in [1.165, 1.54) is 0 Å². The molecule has 0 bridgehead atoms. The molecule has 0 fully saturated rings. The summed E-state index contributed by atoms with van der Waals surface area (Å²) in [5, 5.41) is 12.7. The minimum atomic E-state index is -0.639. The van der Waals surface area contributed by atoms with Gasteiger partial charge in [-0.2, -0.15) is 4.98 Å². The predicted molar refractivity (Wildman–Crippen MR) is 61.0 cm³/mol. The lowest BCUT2D eigenvalue weighted by atomic mass is 10.2. The van der Waals surface area contributed by atoms with E-state index in [1.54, 1.807) is 0 Å². The predicted octanol–water partition coefficient (Wildman–Crippen LogP) is 0.741. The summed E-state index contributed by atoms with van der Waals surface area (Å²) in [6.07, 6.45) is 0. The van der Waals surface area contributed by atoms with Gasteiger partial charge < -0.3 is 15.4 Å². The highest BCUT2D eigenvalue weighted by molar-refractivity contribution is 5.55. The van der Waals surface area contributed by atoms with Crippen molar-refractivity contribution in [3.63, 3.8) is 0 Å². The fourth-order valence-corrected chi connectivity index (χ4v) is 1.54. The SMILES string of the molecule is Cc1cc(-c2noc([C@@H](N)CO)n2)cc(C)n1. The molecule has 2 heterocycles. The van der Waals surface area contributed by atoms with Crippen LogP contribution in [0.2, 0.25) is 0 Å². The average Bonchev–Trinajstić information content (AvgIpc) is 2.76. The van der Waals surface area contributed by atoms with E-state index in [2.05, 4.69) is 15.1 Å². The lowest BCUT2D eigenvalue weighted by Crippen LogP contribution is -2.14. The first kappa shape index (κ1) is 11.7. The van der Waals surface area contributed by atoms with Gasteiger partial charge in [-0.3, -0.25) is 4.98 Å². The zero-order valence-corrected chi connectivity index (χ0v) is 9.71. The van der Waals surface area contributed by atoms with Crippen molar-refractivity contribution < 1.29 is 9.63 Å². The third kappa shape index (κ3) is 2.48. The Labute approximate surface area is 98.5 Å². The number of hydrogen-bond donors (Lipinski definition) is 2. The fourth-order valence-electron chi connectivity index (χ4n) is 1.54. The van der Waals surface area contributed by atoms with Crippen LogP contribution in [-0.2, 0) is 0 Å². The smallest absolute Gasteiger partial charge is 0.246 e. The Kier molecular flexibility index (Phi) is 3.16. The van der Waals surface area contributed by atoms with Gasteiger partial charge in [0.15, 0.2) is 0 Å². The number of aliphatic hydroxyl groups is 1. The molecule has 0 radical (unpaired) electrons. The topological polar surface area (TPSA) is 98.1 Å². The van der Waals surface area contributed by atoms with E-state index in [0.717, 1.165) is 17.0 Å². The summed E-state index contributed by atoms with van der Waals surface area (Å²) >= 11 is 0. The van der Waals surface area contributed by atoms with Gasteiger partial charge in [0, 0.05) is 17.0 Å². The lowest BCUT2D eigenvalue weighted by Gasteiger charge is -2.00. The molecule has 90 valence electrons. The van der Waals surface area contributed by atoms with Gasteiger partial charge in [0.05, 0.1) is 6.61 Å². The van der Waals surface area contributed by atoms with Crippen LogP contribution >= 0.6 is 0 Å². The highest BCUT2D eigenvalue weighted by Crippen LogP contribution is 2.19. The maximum absolute atomic E-state index is 8.89. The van der Waals surface area contributed by atoms with E-state index >= 15 is 0 Å². The van der Waals surface area contributed by atoms with E-state index in [-0.39, 0.29) is 12.5 Å². The lowest BCUT2D eigenvalue weighted by molar-refractivity contribution is 0.237. The van der Waals surface area contributed by atoms with Gasteiger partial charge in [0.2, 0.25) is 11.7 Å². The fraction of sp³-hybridized carbons (Fsp3) is 0.364. The van der Waals surface area contributed by atoms with E-state index in [0.29, 0.717) is 5.82 Å². The van der Waals surface area contributed by atoms with E-state index < -0.39 is 6.04 Å². The van der Waals surface area contributed by atoms with Gasteiger partial charge in [0.25, 0.3) is 0 Å². The standard InChI is InChI=1S/C11H14N4O2/c1-6-3-8(4-7(2)13-6)10-14-11(17-15-10)9(12)5-16/h3-4,9,16H,5,12H2,1-2H3/t9-/m0/s1. The molecular weight excluding hydrogens is 220 g/mol. The Morgan fingerprint density at radius 3 is 2.53 bits per heavy atom. The number of nitrogens with zero attached hydrogens (tertiary/aromatic N) is 3. The van der Waals surface area contributed by atoms with Crippen molar-refractivity contribution in [2.45, 2.75) is 19.9 Å². The average molecular weight is 234 g/mol. The van der Waals surface area contributed by atoms with E-state index in [4.69, 9.17) is 15.4 Å². The Balaban J connectivity index is 2.36. The molecule has 0 aliphatic heterocycles. The Hall–Kier alpha value is -1.79. The van der Waals surface area contributed by atoms with Crippen molar-refractivity contribution in [1.82, 2.24) is 15.1 Å². The van der Waals surface area contributed by atoms with Gasteiger partial charge >= 0.3 is 0 Å². The first-order chi connectivity index (χ1) is 8.10. The molecule has 3 N–H and O–H groups in total. The Bertz CT molecular complexity index is 504. The second-order valence-electron chi connectivity index (χ2n) is 3.88. The molecule has 6 nitrogen and oxygen atoms in total. The maximum atomic E-state index is 8.89. The number of rotatable bonds is 3. The van der Waals surface area contributed by atoms with Crippen LogP contribution in [0.1, 0.15) is 23.3 Å². The summed E-state index contributed by atoms with van der Waals surface area (Å²) < 4.78 is 4.98. The van der Waals surface area contributed by atoms with Crippen LogP contribution in [0, 0.1) is 13.8 Å². The summed E-state index contributed by atoms with van der Waals surface area (Å²) in [4.78, 5) is 8.41. The van der Waals surface area contributed by atoms with Gasteiger partial charge in [-0.25, -0.2) is 0 Å². The first-order valence-electron chi connectivity index (χ1n) is 5.26. The zero-order valence-electron chi connectivity index (χ0n) is 9.71. The zero-order chi connectivity index (χ0) is 12.4. The highest BCUT2D eigenvalue weighted by Gasteiger charge is 2.15. The molecule has 0 aliphatic carbocycles. The molecule has 1 atom stereocenters. The van der Waals surface area contributed by atoms with Crippen molar-refractivity contribution in [1.29, 1.82) is 0 Å². The number of aliphatic hydroxyl groups excluding tert-OH is 1. The van der Waals surface area contributed by atoms with Crippen molar-refractivity contribution in [3.05, 3.63) is 29.4 Å². The van der Waals surface area contributed by atoms with Crippen molar-refractivity contribution in [2.24, 2.45) is 5.73 Å². The molecule has 0 aliphatic rings. The number of hydrogen-bond acceptors (Lipinski definition) is 6. The Morgan fingerprint density at radius 1 is 1.29 bits per heavy atom. The number of aryl methyl sites for hydroxylation is 2. The minimum absolute atomic E-state index is 0.226. The summed E-state index contributed by atoms with van der Waals surface area (Å²) in [6.45, 7) is 3.57. The second-order valence-corrected chi connectivity index (χ2v) is 3.88. The molecule has 0 saturated heterocycles. The summed E-state index contributed by atoms with van der Waals surface area (Å²) in [5.41, 5.74) is 8.19. The molecule has 0 spiro atoms. The molecule has 2 rings (SSSR count). The molecule has 17 heavy (non-hydrogen) atoms.